The van der Waals surface area contributed by atoms with Gasteiger partial charge in [0.15, 0.2) is 0 Å². The second-order valence-electron chi connectivity index (χ2n) is 6.28. The van der Waals surface area contributed by atoms with E-state index in [0.717, 1.165) is 25.7 Å². The van der Waals surface area contributed by atoms with Crippen LogP contribution in [-0.4, -0.2) is 29.6 Å². The van der Waals surface area contributed by atoms with Crippen molar-refractivity contribution in [3.63, 3.8) is 0 Å². The van der Waals surface area contributed by atoms with Gasteiger partial charge in [0.25, 0.3) is 0 Å². The quantitative estimate of drug-likeness (QED) is 0.847. The van der Waals surface area contributed by atoms with Gasteiger partial charge < -0.3 is 5.73 Å². The van der Waals surface area contributed by atoms with E-state index >= 15 is 0 Å². The first-order valence-corrected chi connectivity index (χ1v) is 9.21. The Hall–Kier alpha value is -1.64. The van der Waals surface area contributed by atoms with E-state index in [1.165, 1.54) is 9.13 Å². The molecule has 1 saturated carbocycles. The maximum absolute atomic E-state index is 12.6. The lowest BCUT2D eigenvalue weighted by molar-refractivity contribution is 0.373. The molecular formula is C15H22N4O3S. The third-order valence-electron chi connectivity index (χ3n) is 4.65. The van der Waals surface area contributed by atoms with Gasteiger partial charge in [-0.25, -0.2) is 17.9 Å². The Balaban J connectivity index is 1.92. The van der Waals surface area contributed by atoms with E-state index in [4.69, 9.17) is 5.73 Å². The van der Waals surface area contributed by atoms with Gasteiger partial charge in [-0.3, -0.25) is 9.13 Å². The van der Waals surface area contributed by atoms with Crippen LogP contribution < -0.4 is 16.1 Å². The minimum Gasteiger partial charge on any atom is -0.328 e. The Kier molecular flexibility index (Phi) is 4.07. The molecule has 0 atom stereocenters. The fourth-order valence-corrected chi connectivity index (χ4v) is 4.50. The molecule has 7 nitrogen and oxygen atoms in total. The van der Waals surface area contributed by atoms with Crippen molar-refractivity contribution in [2.24, 2.45) is 19.8 Å². The van der Waals surface area contributed by atoms with E-state index in [-0.39, 0.29) is 22.7 Å². The fourth-order valence-electron chi connectivity index (χ4n) is 3.18. The third kappa shape index (κ3) is 2.93. The number of nitrogens with two attached hydrogens (primary N) is 1. The molecule has 0 saturated heterocycles. The molecule has 1 aliphatic rings. The highest BCUT2D eigenvalue weighted by Gasteiger charge is 2.25. The van der Waals surface area contributed by atoms with E-state index < -0.39 is 10.0 Å². The van der Waals surface area contributed by atoms with Gasteiger partial charge in [0, 0.05) is 26.2 Å². The number of sulfonamides is 1. The number of nitrogens with one attached hydrogen (secondary N) is 1. The number of fused-ring (bicyclic) bond motifs is 1. The van der Waals surface area contributed by atoms with Crippen LogP contribution in [0.25, 0.3) is 11.0 Å². The van der Waals surface area contributed by atoms with Crippen LogP contribution in [0.2, 0.25) is 0 Å². The average Bonchev–Trinajstić information content (AvgIpc) is 2.74. The zero-order chi connectivity index (χ0) is 16.8. The third-order valence-corrected chi connectivity index (χ3v) is 6.17. The van der Waals surface area contributed by atoms with E-state index in [0.29, 0.717) is 11.0 Å². The zero-order valence-corrected chi connectivity index (χ0v) is 14.1. The van der Waals surface area contributed by atoms with Crippen LogP contribution >= 0.6 is 0 Å². The van der Waals surface area contributed by atoms with Crippen LogP contribution in [-0.2, 0) is 24.1 Å². The summed E-state index contributed by atoms with van der Waals surface area (Å²) in [6.45, 7) is 0. The highest BCUT2D eigenvalue weighted by Crippen LogP contribution is 2.21. The van der Waals surface area contributed by atoms with E-state index in [1.54, 1.807) is 32.3 Å². The van der Waals surface area contributed by atoms with Gasteiger partial charge in [-0.1, -0.05) is 0 Å². The predicted molar refractivity (Wildman–Crippen MR) is 88.7 cm³/mol. The first kappa shape index (κ1) is 16.2. The summed E-state index contributed by atoms with van der Waals surface area (Å²) in [5.41, 5.74) is 6.99. The molecular weight excluding hydrogens is 316 g/mol. The van der Waals surface area contributed by atoms with Crippen molar-refractivity contribution in [2.45, 2.75) is 42.7 Å². The van der Waals surface area contributed by atoms with Crippen molar-refractivity contribution in [3.8, 4) is 0 Å². The van der Waals surface area contributed by atoms with Crippen molar-refractivity contribution in [1.29, 1.82) is 0 Å². The molecule has 8 heteroatoms. The fraction of sp³-hybridized carbons (Fsp3) is 0.533. The largest absolute Gasteiger partial charge is 0.328 e. The lowest BCUT2D eigenvalue weighted by Crippen LogP contribution is -2.40. The molecule has 0 aliphatic heterocycles. The number of hydrogen-bond acceptors (Lipinski definition) is 4. The second kappa shape index (κ2) is 5.77. The van der Waals surface area contributed by atoms with E-state index in [9.17, 15) is 13.2 Å². The van der Waals surface area contributed by atoms with Crippen LogP contribution in [0.4, 0.5) is 0 Å². The first-order valence-electron chi connectivity index (χ1n) is 7.73. The summed E-state index contributed by atoms with van der Waals surface area (Å²) in [5.74, 6) is 0. The number of aryl methyl sites for hydroxylation is 2. The van der Waals surface area contributed by atoms with Crippen molar-refractivity contribution in [3.05, 3.63) is 28.7 Å². The summed E-state index contributed by atoms with van der Waals surface area (Å²) in [4.78, 5) is 12.1. The molecule has 1 aromatic carbocycles. The molecule has 1 heterocycles. The summed E-state index contributed by atoms with van der Waals surface area (Å²) in [6.07, 6.45) is 3.18. The lowest BCUT2D eigenvalue weighted by Gasteiger charge is -2.26. The Bertz CT molecular complexity index is 889. The van der Waals surface area contributed by atoms with Gasteiger partial charge in [-0.2, -0.15) is 0 Å². The molecule has 1 aliphatic carbocycles. The molecule has 0 bridgehead atoms. The van der Waals surface area contributed by atoms with Gasteiger partial charge in [0.1, 0.15) is 0 Å². The predicted octanol–water partition coefficient (Wildman–Crippen LogP) is 0.425. The highest BCUT2D eigenvalue weighted by molar-refractivity contribution is 7.89. The van der Waals surface area contributed by atoms with Gasteiger partial charge in [0.05, 0.1) is 15.9 Å². The zero-order valence-electron chi connectivity index (χ0n) is 13.3. The van der Waals surface area contributed by atoms with Crippen molar-refractivity contribution in [2.75, 3.05) is 0 Å². The number of benzene rings is 1. The Labute approximate surface area is 135 Å². The van der Waals surface area contributed by atoms with Crippen molar-refractivity contribution in [1.82, 2.24) is 13.9 Å². The van der Waals surface area contributed by atoms with Crippen LogP contribution in [0, 0.1) is 0 Å². The summed E-state index contributed by atoms with van der Waals surface area (Å²) in [5, 5.41) is 0. The minimum atomic E-state index is -3.60. The van der Waals surface area contributed by atoms with Crippen LogP contribution in [0.3, 0.4) is 0 Å². The molecule has 1 aromatic heterocycles. The number of nitrogens with zero attached hydrogens (tertiary/aromatic N) is 2. The summed E-state index contributed by atoms with van der Waals surface area (Å²) < 4.78 is 30.9. The number of hydrogen-bond donors (Lipinski definition) is 2. The van der Waals surface area contributed by atoms with Gasteiger partial charge in [-0.15, -0.1) is 0 Å². The average molecular weight is 338 g/mol. The molecule has 1 fully saturated rings. The topological polar surface area (TPSA) is 99.1 Å². The second-order valence-corrected chi connectivity index (χ2v) is 8.00. The van der Waals surface area contributed by atoms with Crippen molar-refractivity contribution >= 4 is 21.1 Å². The van der Waals surface area contributed by atoms with E-state index in [1.807, 2.05) is 0 Å². The smallest absolute Gasteiger partial charge is 0.328 e. The van der Waals surface area contributed by atoms with E-state index in [2.05, 4.69) is 4.72 Å². The Morgan fingerprint density at radius 1 is 1.09 bits per heavy atom. The SMILES string of the molecule is Cn1c(=O)n(C)c2cc(S(=O)(=O)NC3CCC(N)CC3)ccc21. The standard InChI is InChI=1S/C15H22N4O3S/c1-18-13-8-7-12(9-14(13)19(2)15(18)20)23(21,22)17-11-5-3-10(16)4-6-11/h7-11,17H,3-6,16H2,1-2H3. The van der Waals surface area contributed by atoms with Gasteiger partial charge >= 0.3 is 5.69 Å². The van der Waals surface area contributed by atoms with Crippen LogP contribution in [0.1, 0.15) is 25.7 Å². The molecule has 3 N–H and O–H groups in total. The minimum absolute atomic E-state index is 0.0740. The Morgan fingerprint density at radius 3 is 2.35 bits per heavy atom. The summed E-state index contributed by atoms with van der Waals surface area (Å²) in [7, 11) is -0.300. The van der Waals surface area contributed by atoms with Crippen molar-refractivity contribution < 1.29 is 8.42 Å². The first-order chi connectivity index (χ1) is 10.8. The van der Waals surface area contributed by atoms with Gasteiger partial charge in [-0.05, 0) is 43.9 Å². The number of imidazole rings is 1. The van der Waals surface area contributed by atoms with Gasteiger partial charge in [0.2, 0.25) is 10.0 Å². The molecule has 0 spiro atoms. The molecule has 126 valence electrons. The summed E-state index contributed by atoms with van der Waals surface area (Å²) >= 11 is 0. The molecule has 2 aromatic rings. The monoisotopic (exact) mass is 338 g/mol. The number of aromatic nitrogens is 2. The maximum atomic E-state index is 12.6. The van der Waals surface area contributed by atoms with Crippen LogP contribution in [0.15, 0.2) is 27.9 Å². The molecule has 23 heavy (non-hydrogen) atoms. The molecule has 3 rings (SSSR count). The molecule has 0 radical (unpaired) electrons. The maximum Gasteiger partial charge on any atom is 0.328 e. The highest BCUT2D eigenvalue weighted by atomic mass is 32.2. The summed E-state index contributed by atoms with van der Waals surface area (Å²) in [6, 6.07) is 4.86. The van der Waals surface area contributed by atoms with Crippen LogP contribution in [0.5, 0.6) is 0 Å². The Morgan fingerprint density at radius 2 is 1.70 bits per heavy atom. The lowest BCUT2D eigenvalue weighted by atomic mass is 9.93. The molecule has 0 unspecified atom stereocenters. The normalized spacial score (nSPS) is 22.6. The number of rotatable bonds is 3. The molecule has 0 amide bonds.